The summed E-state index contributed by atoms with van der Waals surface area (Å²) in [5, 5.41) is 21.0. The number of carbonyl (C=O) groups is 1. The molecule has 0 aromatic heterocycles. The normalized spacial score (nSPS) is 19.6. The third-order valence-electron chi connectivity index (χ3n) is 7.95. The minimum atomic E-state index is -3.64. The minimum absolute atomic E-state index is 0.0521. The van der Waals surface area contributed by atoms with E-state index in [1.165, 1.54) is 0 Å². The summed E-state index contributed by atoms with van der Waals surface area (Å²) in [6.07, 6.45) is 5.35. The molecule has 2 atom stereocenters. The molecule has 1 unspecified atom stereocenters. The molecule has 0 fully saturated rings. The van der Waals surface area contributed by atoms with Gasteiger partial charge in [0.05, 0.1) is 23.4 Å². The number of aliphatic hydroxyl groups is 1. The van der Waals surface area contributed by atoms with E-state index in [0.717, 1.165) is 36.9 Å². The number of nitrogens with zero attached hydrogens (tertiary/aromatic N) is 1. The highest BCUT2D eigenvalue weighted by molar-refractivity contribution is 7.91. The second-order valence-electron chi connectivity index (χ2n) is 11.1. The van der Waals surface area contributed by atoms with E-state index in [4.69, 9.17) is 9.84 Å². The van der Waals surface area contributed by atoms with Crippen LogP contribution in [-0.4, -0.2) is 57.2 Å². The Morgan fingerprint density at radius 3 is 2.21 bits per heavy atom. The number of aliphatic hydroxyl groups excluding tert-OH is 1. The fourth-order valence-electron chi connectivity index (χ4n) is 5.73. The molecule has 2 aromatic carbocycles. The molecule has 0 aliphatic carbocycles. The molecular weight excluding hydrogens is 514 g/mol. The van der Waals surface area contributed by atoms with Crippen molar-refractivity contribution in [2.75, 3.05) is 31.4 Å². The van der Waals surface area contributed by atoms with Gasteiger partial charge in [-0.05, 0) is 67.1 Å². The lowest BCUT2D eigenvalue weighted by Gasteiger charge is -2.40. The molecule has 1 aliphatic heterocycles. The van der Waals surface area contributed by atoms with Crippen molar-refractivity contribution < 1.29 is 28.2 Å². The van der Waals surface area contributed by atoms with Gasteiger partial charge < -0.3 is 19.8 Å². The van der Waals surface area contributed by atoms with Crippen LogP contribution in [0.3, 0.4) is 0 Å². The predicted molar refractivity (Wildman–Crippen MR) is 156 cm³/mol. The molecule has 1 aliphatic rings. The highest BCUT2D eigenvalue weighted by Crippen LogP contribution is 2.50. The average Bonchev–Trinajstić information content (AvgIpc) is 2.97. The summed E-state index contributed by atoms with van der Waals surface area (Å²) in [5.41, 5.74) is 1.64. The first-order valence-corrected chi connectivity index (χ1v) is 15.9. The van der Waals surface area contributed by atoms with E-state index >= 15 is 0 Å². The number of hydrogen-bond acceptors (Lipinski definition) is 6. The fourth-order valence-corrected chi connectivity index (χ4v) is 7.92. The van der Waals surface area contributed by atoms with E-state index in [2.05, 4.69) is 13.8 Å². The zero-order valence-corrected chi connectivity index (χ0v) is 24.7. The van der Waals surface area contributed by atoms with Gasteiger partial charge in [-0.15, -0.1) is 0 Å². The maximum Gasteiger partial charge on any atom is 0.303 e. The number of carboxylic acids is 1. The minimum Gasteiger partial charge on any atom is -0.494 e. The summed E-state index contributed by atoms with van der Waals surface area (Å²) in [6, 6.07) is 13.0. The van der Waals surface area contributed by atoms with E-state index in [0.29, 0.717) is 48.5 Å². The number of hydrogen-bond donors (Lipinski definition) is 2. The Hall–Kier alpha value is -2.58. The number of unbranched alkanes of at least 4 members (excludes halogenated alkanes) is 3. The maximum atomic E-state index is 13.9. The molecule has 7 nitrogen and oxygen atoms in total. The lowest BCUT2D eigenvalue weighted by atomic mass is 9.68. The van der Waals surface area contributed by atoms with Crippen molar-refractivity contribution in [1.29, 1.82) is 0 Å². The summed E-state index contributed by atoms with van der Waals surface area (Å²) in [6.45, 7) is 4.62. The van der Waals surface area contributed by atoms with Crippen LogP contribution in [0.25, 0.3) is 0 Å². The Morgan fingerprint density at radius 1 is 1.00 bits per heavy atom. The molecule has 216 valence electrons. The molecule has 0 amide bonds. The van der Waals surface area contributed by atoms with Crippen molar-refractivity contribution >= 4 is 21.5 Å². The number of ether oxygens (including phenoxy) is 1. The summed E-state index contributed by atoms with van der Waals surface area (Å²) in [4.78, 5) is 13.0. The third-order valence-corrected chi connectivity index (χ3v) is 9.95. The Labute approximate surface area is 234 Å². The number of benzene rings is 2. The number of anilines is 1. The Morgan fingerprint density at radius 2 is 1.64 bits per heavy atom. The zero-order chi connectivity index (χ0) is 28.6. The second-order valence-corrected chi connectivity index (χ2v) is 13.1. The van der Waals surface area contributed by atoms with Gasteiger partial charge >= 0.3 is 5.97 Å². The third kappa shape index (κ3) is 7.54. The van der Waals surface area contributed by atoms with Crippen LogP contribution in [0.4, 0.5) is 5.69 Å². The van der Waals surface area contributed by atoms with Crippen LogP contribution < -0.4 is 9.64 Å². The average molecular weight is 560 g/mol. The zero-order valence-electron chi connectivity index (χ0n) is 23.9. The van der Waals surface area contributed by atoms with Gasteiger partial charge in [0.2, 0.25) is 0 Å². The quantitative estimate of drug-likeness (QED) is 0.272. The lowest BCUT2D eigenvalue weighted by molar-refractivity contribution is -0.137. The summed E-state index contributed by atoms with van der Waals surface area (Å²) in [7, 11) is 0.209. The molecule has 1 heterocycles. The van der Waals surface area contributed by atoms with Crippen LogP contribution in [0.5, 0.6) is 5.75 Å². The summed E-state index contributed by atoms with van der Waals surface area (Å²) in [5.74, 6) is -0.704. The number of rotatable bonds is 14. The van der Waals surface area contributed by atoms with Gasteiger partial charge in [-0.1, -0.05) is 51.7 Å². The topological polar surface area (TPSA) is 104 Å². The number of fused-ring (bicyclic) bond motifs is 1. The standard InChI is InChI=1S/C31H45NO6S/c1-5-7-18-31(19-8-6-2)22-39(36,37)27-17-14-24(32(3)4)21-26(27)29(30(31)35)23-12-15-25(16-13-23)38-20-10-9-11-28(33)34/h12-17,21,29-30,35H,5-11,18-20,22H2,1-4H3,(H,33,34)/t29-,30?/m1/s1. The molecular formula is C31H45NO6S. The maximum absolute atomic E-state index is 13.9. The Balaban J connectivity index is 2.06. The van der Waals surface area contributed by atoms with E-state index in [9.17, 15) is 18.3 Å². The smallest absolute Gasteiger partial charge is 0.303 e. The predicted octanol–water partition coefficient (Wildman–Crippen LogP) is 6.03. The largest absolute Gasteiger partial charge is 0.494 e. The van der Waals surface area contributed by atoms with Crippen molar-refractivity contribution in [1.82, 2.24) is 0 Å². The van der Waals surface area contributed by atoms with Crippen LogP contribution >= 0.6 is 0 Å². The first kappa shape index (κ1) is 31.0. The molecule has 2 N–H and O–H groups in total. The monoisotopic (exact) mass is 559 g/mol. The SMILES string of the molecule is CCCCC1(CCCC)CS(=O)(=O)c2ccc(N(C)C)cc2[C@@H](c2ccc(OCCCCC(=O)O)cc2)C1O. The Kier molecular flexibility index (Phi) is 10.8. The first-order chi connectivity index (χ1) is 18.5. The highest BCUT2D eigenvalue weighted by Gasteiger charge is 2.49. The van der Waals surface area contributed by atoms with Crippen LogP contribution in [-0.2, 0) is 14.6 Å². The van der Waals surface area contributed by atoms with Gasteiger partial charge in [0.15, 0.2) is 9.84 Å². The van der Waals surface area contributed by atoms with Crippen molar-refractivity contribution in [3.8, 4) is 5.75 Å². The highest BCUT2D eigenvalue weighted by atomic mass is 32.2. The van der Waals surface area contributed by atoms with E-state index < -0.39 is 33.2 Å². The Bertz CT molecular complexity index is 1180. The second kappa shape index (κ2) is 13.7. The number of sulfone groups is 1. The molecule has 39 heavy (non-hydrogen) atoms. The summed E-state index contributed by atoms with van der Waals surface area (Å²) >= 11 is 0. The lowest BCUT2D eigenvalue weighted by Crippen LogP contribution is -2.43. The number of aliphatic carboxylic acids is 1. The molecule has 0 spiro atoms. The molecule has 8 heteroatoms. The number of carboxylic acid groups (broad SMARTS) is 1. The van der Waals surface area contributed by atoms with Gasteiger partial charge in [-0.25, -0.2) is 8.42 Å². The van der Waals surface area contributed by atoms with Crippen molar-refractivity contribution in [2.24, 2.45) is 5.41 Å². The van der Waals surface area contributed by atoms with Crippen LogP contribution in [0.15, 0.2) is 47.4 Å². The van der Waals surface area contributed by atoms with Crippen molar-refractivity contribution in [3.63, 3.8) is 0 Å². The van der Waals surface area contributed by atoms with Gasteiger partial charge in [0.25, 0.3) is 0 Å². The molecule has 3 rings (SSSR count). The molecule has 0 radical (unpaired) electrons. The molecule has 0 saturated heterocycles. The van der Waals surface area contributed by atoms with E-state index in [1.807, 2.05) is 55.4 Å². The van der Waals surface area contributed by atoms with Crippen molar-refractivity contribution in [3.05, 3.63) is 53.6 Å². The van der Waals surface area contributed by atoms with Crippen LogP contribution in [0.1, 0.15) is 88.7 Å². The van der Waals surface area contributed by atoms with E-state index in [-0.39, 0.29) is 12.2 Å². The first-order valence-electron chi connectivity index (χ1n) is 14.2. The fraction of sp³-hybridized carbons (Fsp3) is 0.581. The summed E-state index contributed by atoms with van der Waals surface area (Å²) < 4.78 is 33.7. The van der Waals surface area contributed by atoms with Crippen LogP contribution in [0, 0.1) is 5.41 Å². The van der Waals surface area contributed by atoms with Crippen molar-refractivity contribution in [2.45, 2.75) is 88.6 Å². The molecule has 0 saturated carbocycles. The molecule has 2 aromatic rings. The van der Waals surface area contributed by atoms with E-state index in [1.54, 1.807) is 6.07 Å². The van der Waals surface area contributed by atoms with Gasteiger partial charge in [-0.3, -0.25) is 4.79 Å². The van der Waals surface area contributed by atoms with Gasteiger partial charge in [0, 0.05) is 37.5 Å². The van der Waals surface area contributed by atoms with Crippen LogP contribution in [0.2, 0.25) is 0 Å². The molecule has 0 bridgehead atoms. The van der Waals surface area contributed by atoms with Gasteiger partial charge in [-0.2, -0.15) is 0 Å². The van der Waals surface area contributed by atoms with Gasteiger partial charge in [0.1, 0.15) is 5.75 Å².